The van der Waals surface area contributed by atoms with Crippen LogP contribution in [0.4, 0.5) is 0 Å². The van der Waals surface area contributed by atoms with Gasteiger partial charge in [0.1, 0.15) is 11.5 Å². The van der Waals surface area contributed by atoms with Crippen LogP contribution in [-0.2, 0) is 13.0 Å². The molecule has 0 fully saturated rings. The number of rotatable bonds is 7. The summed E-state index contributed by atoms with van der Waals surface area (Å²) in [6.07, 6.45) is 2.91. The highest BCUT2D eigenvalue weighted by molar-refractivity contribution is 5.40. The molecule has 108 valence electrons. The molecule has 6 nitrogen and oxygen atoms in total. The zero-order valence-corrected chi connectivity index (χ0v) is 11.7. The lowest BCUT2D eigenvalue weighted by Crippen LogP contribution is -2.21. The second kappa shape index (κ2) is 6.91. The zero-order chi connectivity index (χ0) is 14.4. The van der Waals surface area contributed by atoms with E-state index in [1.807, 2.05) is 18.2 Å². The van der Waals surface area contributed by atoms with Gasteiger partial charge in [-0.05, 0) is 36.6 Å². The van der Waals surface area contributed by atoms with Crippen LogP contribution in [0.25, 0.3) is 0 Å². The van der Waals surface area contributed by atoms with E-state index in [0.29, 0.717) is 5.82 Å². The average Bonchev–Trinajstić information content (AvgIpc) is 2.99. The van der Waals surface area contributed by atoms with Gasteiger partial charge in [0.05, 0.1) is 7.11 Å². The summed E-state index contributed by atoms with van der Waals surface area (Å²) in [7, 11) is 1.64. The Morgan fingerprint density at radius 1 is 1.40 bits per heavy atom. The first kappa shape index (κ1) is 14.3. The minimum absolute atomic E-state index is 0.0923. The fourth-order valence-corrected chi connectivity index (χ4v) is 1.81. The van der Waals surface area contributed by atoms with Crippen molar-refractivity contribution in [1.29, 1.82) is 0 Å². The van der Waals surface area contributed by atoms with Crippen LogP contribution in [0.1, 0.15) is 24.7 Å². The highest BCUT2D eigenvalue weighted by atomic mass is 16.5. The Balaban J connectivity index is 2.12. The van der Waals surface area contributed by atoms with E-state index in [1.54, 1.807) is 7.11 Å². The maximum absolute atomic E-state index is 6.02. The summed E-state index contributed by atoms with van der Waals surface area (Å²) in [4.78, 5) is 3.92. The lowest BCUT2D eigenvalue weighted by molar-refractivity contribution is 0.282. The van der Waals surface area contributed by atoms with Gasteiger partial charge < -0.3 is 19.7 Å². The number of benzene rings is 1. The summed E-state index contributed by atoms with van der Waals surface area (Å²) in [5.74, 6) is 2.06. The van der Waals surface area contributed by atoms with Crippen LogP contribution in [-0.4, -0.2) is 23.3 Å². The average molecular weight is 277 g/mol. The van der Waals surface area contributed by atoms with Crippen LogP contribution in [0, 0.1) is 0 Å². The molecular formula is C14H19N3O3. The lowest BCUT2D eigenvalue weighted by atomic mass is 10.0. The number of hydrogen-bond donors (Lipinski definition) is 1. The van der Waals surface area contributed by atoms with Gasteiger partial charge in [0.25, 0.3) is 0 Å². The largest absolute Gasteiger partial charge is 0.497 e. The fourth-order valence-electron chi connectivity index (χ4n) is 1.81. The van der Waals surface area contributed by atoms with Crippen molar-refractivity contribution in [3.63, 3.8) is 0 Å². The van der Waals surface area contributed by atoms with Crippen LogP contribution in [0.2, 0.25) is 0 Å². The van der Waals surface area contributed by atoms with Crippen molar-refractivity contribution in [3.8, 4) is 11.5 Å². The van der Waals surface area contributed by atoms with E-state index < -0.39 is 0 Å². The molecule has 2 N–H and O–H groups in total. The SMILES string of the molecule is CCC(N)Cc1cc(OC)ccc1OCc1ncon1. The molecule has 1 atom stereocenters. The van der Waals surface area contributed by atoms with Crippen molar-refractivity contribution in [2.45, 2.75) is 32.4 Å². The van der Waals surface area contributed by atoms with E-state index in [9.17, 15) is 0 Å². The Morgan fingerprint density at radius 2 is 2.25 bits per heavy atom. The maximum atomic E-state index is 6.02. The molecule has 2 aromatic rings. The van der Waals surface area contributed by atoms with Crippen molar-refractivity contribution in [2.24, 2.45) is 5.73 Å². The van der Waals surface area contributed by atoms with E-state index in [0.717, 1.165) is 29.9 Å². The van der Waals surface area contributed by atoms with Crippen LogP contribution < -0.4 is 15.2 Å². The Bertz CT molecular complexity index is 528. The topological polar surface area (TPSA) is 83.4 Å². The molecule has 0 spiro atoms. The van der Waals surface area contributed by atoms with E-state index >= 15 is 0 Å². The molecule has 0 radical (unpaired) electrons. The fraction of sp³-hybridized carbons (Fsp3) is 0.429. The predicted octanol–water partition coefficient (Wildman–Crippen LogP) is 1.94. The van der Waals surface area contributed by atoms with E-state index in [2.05, 4.69) is 21.6 Å². The third-order valence-electron chi connectivity index (χ3n) is 3.04. The minimum Gasteiger partial charge on any atom is -0.497 e. The Kier molecular flexibility index (Phi) is 4.95. The molecule has 0 saturated heterocycles. The number of ether oxygens (including phenoxy) is 2. The molecule has 6 heteroatoms. The first-order valence-corrected chi connectivity index (χ1v) is 6.53. The summed E-state index contributed by atoms with van der Waals surface area (Å²) < 4.78 is 15.6. The van der Waals surface area contributed by atoms with Gasteiger partial charge in [0.15, 0.2) is 6.61 Å². The number of aromatic nitrogens is 2. The van der Waals surface area contributed by atoms with Gasteiger partial charge in [0, 0.05) is 6.04 Å². The zero-order valence-electron chi connectivity index (χ0n) is 11.7. The van der Waals surface area contributed by atoms with E-state index in [-0.39, 0.29) is 12.6 Å². The number of hydrogen-bond acceptors (Lipinski definition) is 6. The summed E-state index contributed by atoms with van der Waals surface area (Å²) >= 11 is 0. The number of nitrogens with zero attached hydrogens (tertiary/aromatic N) is 2. The summed E-state index contributed by atoms with van der Waals surface area (Å²) in [6, 6.07) is 5.76. The quantitative estimate of drug-likeness (QED) is 0.832. The third kappa shape index (κ3) is 3.71. The van der Waals surface area contributed by atoms with E-state index in [1.165, 1.54) is 6.39 Å². The smallest absolute Gasteiger partial charge is 0.213 e. The van der Waals surface area contributed by atoms with Gasteiger partial charge >= 0.3 is 0 Å². The predicted molar refractivity (Wildman–Crippen MR) is 73.6 cm³/mol. The molecule has 1 aromatic heterocycles. The van der Waals surface area contributed by atoms with Crippen molar-refractivity contribution >= 4 is 0 Å². The highest BCUT2D eigenvalue weighted by Crippen LogP contribution is 2.26. The van der Waals surface area contributed by atoms with Gasteiger partial charge in [-0.25, -0.2) is 0 Å². The monoisotopic (exact) mass is 277 g/mol. The number of methoxy groups -OCH3 is 1. The van der Waals surface area contributed by atoms with Crippen LogP contribution >= 0.6 is 0 Å². The van der Waals surface area contributed by atoms with Crippen molar-refractivity contribution in [2.75, 3.05) is 7.11 Å². The molecule has 0 saturated carbocycles. The summed E-state index contributed by atoms with van der Waals surface area (Å²) in [5, 5.41) is 3.71. The second-order valence-electron chi connectivity index (χ2n) is 4.48. The van der Waals surface area contributed by atoms with Crippen LogP contribution in [0.3, 0.4) is 0 Å². The van der Waals surface area contributed by atoms with Gasteiger partial charge in [-0.2, -0.15) is 4.98 Å². The Hall–Kier alpha value is -2.08. The highest BCUT2D eigenvalue weighted by Gasteiger charge is 2.11. The second-order valence-corrected chi connectivity index (χ2v) is 4.48. The first-order chi connectivity index (χ1) is 9.72. The van der Waals surface area contributed by atoms with E-state index in [4.69, 9.17) is 15.2 Å². The molecule has 0 bridgehead atoms. The Labute approximate surface area is 117 Å². The first-order valence-electron chi connectivity index (χ1n) is 6.53. The van der Waals surface area contributed by atoms with Crippen molar-refractivity contribution < 1.29 is 14.0 Å². The molecule has 2 rings (SSSR count). The minimum atomic E-state index is 0.0923. The van der Waals surface area contributed by atoms with Crippen LogP contribution in [0.5, 0.6) is 11.5 Å². The number of nitrogens with two attached hydrogens (primary N) is 1. The van der Waals surface area contributed by atoms with Gasteiger partial charge in [-0.1, -0.05) is 12.1 Å². The summed E-state index contributed by atoms with van der Waals surface area (Å²) in [5.41, 5.74) is 7.04. The van der Waals surface area contributed by atoms with Gasteiger partial charge in [-0.3, -0.25) is 0 Å². The van der Waals surface area contributed by atoms with Crippen molar-refractivity contribution in [3.05, 3.63) is 36.0 Å². The molecule has 1 unspecified atom stereocenters. The Morgan fingerprint density at radius 3 is 2.90 bits per heavy atom. The molecule has 20 heavy (non-hydrogen) atoms. The van der Waals surface area contributed by atoms with Crippen molar-refractivity contribution in [1.82, 2.24) is 10.1 Å². The molecule has 0 aliphatic carbocycles. The molecule has 0 aliphatic rings. The van der Waals surface area contributed by atoms with Gasteiger partial charge in [0.2, 0.25) is 12.2 Å². The molecule has 0 aliphatic heterocycles. The summed E-state index contributed by atoms with van der Waals surface area (Å²) in [6.45, 7) is 2.32. The van der Waals surface area contributed by atoms with Gasteiger partial charge in [-0.15, -0.1) is 0 Å². The van der Waals surface area contributed by atoms with Crippen LogP contribution in [0.15, 0.2) is 29.1 Å². The molecule has 1 heterocycles. The normalized spacial score (nSPS) is 12.2. The standard InChI is InChI=1S/C14H19N3O3/c1-3-11(15)6-10-7-12(18-2)4-5-13(10)19-8-14-16-9-20-17-14/h4-5,7,9,11H,3,6,8,15H2,1-2H3. The molecule has 0 amide bonds. The lowest BCUT2D eigenvalue weighted by Gasteiger charge is -2.15. The molecular weight excluding hydrogens is 258 g/mol. The maximum Gasteiger partial charge on any atom is 0.213 e. The third-order valence-corrected chi connectivity index (χ3v) is 3.04. The molecule has 1 aromatic carbocycles.